The highest BCUT2D eigenvalue weighted by Gasteiger charge is 2.23. The Morgan fingerprint density at radius 2 is 1.82 bits per heavy atom. The van der Waals surface area contributed by atoms with E-state index in [1.165, 1.54) is 18.4 Å². The van der Waals surface area contributed by atoms with Gasteiger partial charge in [0.2, 0.25) is 10.3 Å². The lowest BCUT2D eigenvalue weighted by molar-refractivity contribution is -0.126. The molecule has 0 aliphatic rings. The van der Waals surface area contributed by atoms with Crippen LogP contribution in [0.4, 0.5) is 10.3 Å². The van der Waals surface area contributed by atoms with Gasteiger partial charge in [-0.05, 0) is 30.5 Å². The molecule has 0 aliphatic carbocycles. The Labute approximate surface area is 169 Å². The molecular weight excluding hydrogens is 380 g/mol. The third-order valence-electron chi connectivity index (χ3n) is 4.30. The maximum Gasteiger partial charge on any atom is 0.259 e. The first-order valence-electron chi connectivity index (χ1n) is 9.21. The fourth-order valence-electron chi connectivity index (χ4n) is 2.81. The van der Waals surface area contributed by atoms with Gasteiger partial charge >= 0.3 is 0 Å². The van der Waals surface area contributed by atoms with Gasteiger partial charge in [-0.25, -0.2) is 0 Å². The summed E-state index contributed by atoms with van der Waals surface area (Å²) in [5.41, 5.74) is 0.648. The van der Waals surface area contributed by atoms with Gasteiger partial charge in [-0.15, -0.1) is 10.2 Å². The van der Waals surface area contributed by atoms with Crippen LogP contribution in [-0.4, -0.2) is 43.5 Å². The van der Waals surface area contributed by atoms with E-state index < -0.39 is 6.10 Å². The van der Waals surface area contributed by atoms with Crippen molar-refractivity contribution in [2.75, 3.05) is 32.0 Å². The van der Waals surface area contributed by atoms with Gasteiger partial charge in [-0.1, -0.05) is 37.7 Å². The van der Waals surface area contributed by atoms with Crippen LogP contribution in [-0.2, 0) is 9.53 Å². The molecule has 28 heavy (non-hydrogen) atoms. The Morgan fingerprint density at radius 1 is 1.11 bits per heavy atom. The minimum absolute atomic E-state index is 0.335. The zero-order chi connectivity index (χ0) is 20.5. The standard InChI is InChI=1S/C19H28N4O4S/c1-6-8-13(7-2)20-18-22-23-19(28-18)21-17(24)16(27-5)12-9-10-14(25-3)15(11-12)26-4/h9-11,13,16H,6-8H2,1-5H3,(H,20,22)(H,21,23,24). The summed E-state index contributed by atoms with van der Waals surface area (Å²) in [6.07, 6.45) is 2.33. The second kappa shape index (κ2) is 10.8. The van der Waals surface area contributed by atoms with Gasteiger partial charge in [-0.2, -0.15) is 0 Å². The van der Waals surface area contributed by atoms with Crippen molar-refractivity contribution in [2.24, 2.45) is 0 Å². The zero-order valence-corrected chi connectivity index (χ0v) is 17.8. The molecule has 1 heterocycles. The number of amides is 1. The van der Waals surface area contributed by atoms with Crippen molar-refractivity contribution in [1.29, 1.82) is 0 Å². The van der Waals surface area contributed by atoms with Crippen LogP contribution < -0.4 is 20.1 Å². The molecule has 2 aromatic rings. The number of anilines is 2. The number of aromatic nitrogens is 2. The smallest absolute Gasteiger partial charge is 0.259 e. The minimum atomic E-state index is -0.816. The molecule has 0 radical (unpaired) electrons. The molecule has 0 fully saturated rings. The topological polar surface area (TPSA) is 94.6 Å². The van der Waals surface area contributed by atoms with E-state index in [1.54, 1.807) is 32.4 Å². The molecule has 2 rings (SSSR count). The van der Waals surface area contributed by atoms with Crippen LogP contribution in [0.2, 0.25) is 0 Å². The predicted molar refractivity (Wildman–Crippen MR) is 110 cm³/mol. The third-order valence-corrected chi connectivity index (χ3v) is 5.07. The number of carbonyl (C=O) groups excluding carboxylic acids is 1. The Balaban J connectivity index is 2.08. The molecule has 1 aromatic heterocycles. The molecule has 0 aliphatic heterocycles. The number of rotatable bonds is 11. The summed E-state index contributed by atoms with van der Waals surface area (Å²) >= 11 is 1.30. The molecule has 0 spiro atoms. The van der Waals surface area contributed by atoms with E-state index in [0.717, 1.165) is 19.3 Å². The van der Waals surface area contributed by atoms with Crippen molar-refractivity contribution in [3.8, 4) is 11.5 Å². The highest BCUT2D eigenvalue weighted by atomic mass is 32.1. The Kier molecular flexibility index (Phi) is 8.46. The molecule has 2 atom stereocenters. The maximum atomic E-state index is 12.7. The van der Waals surface area contributed by atoms with Gasteiger partial charge in [0.05, 0.1) is 14.2 Å². The summed E-state index contributed by atoms with van der Waals surface area (Å²) in [4.78, 5) is 12.7. The van der Waals surface area contributed by atoms with Crippen LogP contribution in [0.15, 0.2) is 18.2 Å². The van der Waals surface area contributed by atoms with Gasteiger partial charge < -0.3 is 19.5 Å². The van der Waals surface area contributed by atoms with Crippen LogP contribution in [0, 0.1) is 0 Å². The molecule has 2 unspecified atom stereocenters. The van der Waals surface area contributed by atoms with E-state index in [-0.39, 0.29) is 5.91 Å². The van der Waals surface area contributed by atoms with Gasteiger partial charge in [-0.3, -0.25) is 10.1 Å². The quantitative estimate of drug-likeness (QED) is 0.583. The average molecular weight is 409 g/mol. The van der Waals surface area contributed by atoms with E-state index in [4.69, 9.17) is 14.2 Å². The van der Waals surface area contributed by atoms with E-state index >= 15 is 0 Å². The van der Waals surface area contributed by atoms with E-state index in [2.05, 4.69) is 34.7 Å². The number of carbonyl (C=O) groups is 1. The maximum absolute atomic E-state index is 12.7. The molecule has 0 saturated heterocycles. The number of methoxy groups -OCH3 is 3. The first-order chi connectivity index (χ1) is 13.6. The number of benzene rings is 1. The summed E-state index contributed by atoms with van der Waals surface area (Å²) in [5, 5.41) is 15.4. The van der Waals surface area contributed by atoms with Gasteiger partial charge in [0.15, 0.2) is 17.6 Å². The first kappa shape index (κ1) is 21.9. The molecule has 154 valence electrons. The van der Waals surface area contributed by atoms with Gasteiger partial charge in [0.1, 0.15) is 0 Å². The summed E-state index contributed by atoms with van der Waals surface area (Å²) in [6.45, 7) is 4.28. The number of ether oxygens (including phenoxy) is 3. The van der Waals surface area contributed by atoms with Crippen LogP contribution in [0.1, 0.15) is 44.8 Å². The molecular formula is C19H28N4O4S. The molecule has 8 nitrogen and oxygen atoms in total. The van der Waals surface area contributed by atoms with Gasteiger partial charge in [0, 0.05) is 13.2 Å². The summed E-state index contributed by atoms with van der Waals surface area (Å²) < 4.78 is 15.9. The highest BCUT2D eigenvalue weighted by molar-refractivity contribution is 7.19. The lowest BCUT2D eigenvalue weighted by atomic mass is 10.1. The molecule has 9 heteroatoms. The zero-order valence-electron chi connectivity index (χ0n) is 16.9. The van der Waals surface area contributed by atoms with Crippen molar-refractivity contribution < 1.29 is 19.0 Å². The Morgan fingerprint density at radius 3 is 2.43 bits per heavy atom. The van der Waals surface area contributed by atoms with Crippen LogP contribution >= 0.6 is 11.3 Å². The SMILES string of the molecule is CCCC(CC)Nc1nnc(NC(=O)C(OC)c2ccc(OC)c(OC)c2)s1. The highest BCUT2D eigenvalue weighted by Crippen LogP contribution is 2.32. The minimum Gasteiger partial charge on any atom is -0.493 e. The molecule has 1 amide bonds. The molecule has 1 aromatic carbocycles. The summed E-state index contributed by atoms with van der Waals surface area (Å²) in [5.74, 6) is 0.774. The van der Waals surface area contributed by atoms with Crippen molar-refractivity contribution in [3.05, 3.63) is 23.8 Å². The van der Waals surface area contributed by atoms with Crippen molar-refractivity contribution in [1.82, 2.24) is 10.2 Å². The second-order valence-corrected chi connectivity index (χ2v) is 7.15. The largest absolute Gasteiger partial charge is 0.493 e. The number of nitrogens with zero attached hydrogens (tertiary/aromatic N) is 2. The van der Waals surface area contributed by atoms with Crippen LogP contribution in [0.3, 0.4) is 0 Å². The lowest BCUT2D eigenvalue weighted by Crippen LogP contribution is -2.22. The molecule has 0 saturated carbocycles. The van der Waals surface area contributed by atoms with Crippen molar-refractivity contribution in [2.45, 2.75) is 45.3 Å². The normalized spacial score (nSPS) is 12.9. The fraction of sp³-hybridized carbons (Fsp3) is 0.526. The Hall–Kier alpha value is -2.39. The van der Waals surface area contributed by atoms with Crippen molar-refractivity contribution >= 4 is 27.5 Å². The van der Waals surface area contributed by atoms with Crippen molar-refractivity contribution in [3.63, 3.8) is 0 Å². The fourth-order valence-corrected chi connectivity index (χ4v) is 3.54. The Bertz CT molecular complexity index is 768. The lowest BCUT2D eigenvalue weighted by Gasteiger charge is -2.16. The monoisotopic (exact) mass is 408 g/mol. The predicted octanol–water partition coefficient (Wildman–Crippen LogP) is 3.87. The van der Waals surface area contributed by atoms with Crippen LogP contribution in [0.25, 0.3) is 0 Å². The average Bonchev–Trinajstić information content (AvgIpc) is 3.14. The number of nitrogens with one attached hydrogen (secondary N) is 2. The first-order valence-corrected chi connectivity index (χ1v) is 10.0. The summed E-state index contributed by atoms with van der Waals surface area (Å²) in [7, 11) is 4.58. The third kappa shape index (κ3) is 5.56. The van der Waals surface area contributed by atoms with E-state index in [0.29, 0.717) is 33.4 Å². The van der Waals surface area contributed by atoms with Crippen LogP contribution in [0.5, 0.6) is 11.5 Å². The second-order valence-electron chi connectivity index (χ2n) is 6.17. The molecule has 0 bridgehead atoms. The summed E-state index contributed by atoms with van der Waals surface area (Å²) in [6, 6.07) is 5.56. The van der Waals surface area contributed by atoms with E-state index in [9.17, 15) is 4.79 Å². The molecule has 2 N–H and O–H groups in total. The van der Waals surface area contributed by atoms with Gasteiger partial charge in [0.25, 0.3) is 5.91 Å². The number of hydrogen-bond donors (Lipinski definition) is 2. The van der Waals surface area contributed by atoms with E-state index in [1.807, 2.05) is 0 Å². The number of hydrogen-bond acceptors (Lipinski definition) is 8.